The number of nitrogens with two attached hydrogens (primary N) is 1. The van der Waals surface area contributed by atoms with E-state index in [-0.39, 0.29) is 11.4 Å². The number of rotatable bonds is 2. The maximum absolute atomic E-state index is 13.1. The number of halogens is 1. The lowest BCUT2D eigenvalue weighted by Gasteiger charge is -2.28. The molecule has 1 heterocycles. The molecule has 1 aliphatic rings. The normalized spacial score (nSPS) is 15.9. The van der Waals surface area contributed by atoms with E-state index in [0.29, 0.717) is 5.71 Å². The molecule has 0 atom stereocenters. The molecule has 0 bridgehead atoms. The van der Waals surface area contributed by atoms with Crippen molar-refractivity contribution in [2.75, 3.05) is 0 Å². The zero-order valence-corrected chi connectivity index (χ0v) is 12.6. The predicted octanol–water partition coefficient (Wildman–Crippen LogP) is 3.10. The number of amides is 1. The van der Waals surface area contributed by atoms with Crippen LogP contribution in [0.3, 0.4) is 0 Å². The van der Waals surface area contributed by atoms with Crippen molar-refractivity contribution in [1.29, 1.82) is 0 Å². The standard InChI is InChI=1S/C18H17FN2O/c1-18(2)10-13-9-12(11-3-6-14(19)7-4-11)5-8-15(13)16(21-18)17(20)22/h3-9H,10H2,1-2H3,(H2,20,22). The molecule has 0 aliphatic carbocycles. The Balaban J connectivity index is 2.10. The van der Waals surface area contributed by atoms with Gasteiger partial charge in [0.1, 0.15) is 11.5 Å². The minimum atomic E-state index is -0.511. The Kier molecular flexibility index (Phi) is 3.32. The van der Waals surface area contributed by atoms with Gasteiger partial charge in [0.2, 0.25) is 0 Å². The first kappa shape index (κ1) is 14.4. The van der Waals surface area contributed by atoms with E-state index in [4.69, 9.17) is 5.73 Å². The van der Waals surface area contributed by atoms with Crippen molar-refractivity contribution < 1.29 is 9.18 Å². The molecule has 4 heteroatoms. The molecular weight excluding hydrogens is 279 g/mol. The van der Waals surface area contributed by atoms with Gasteiger partial charge in [0.25, 0.3) is 5.91 Å². The number of carbonyl (C=O) groups is 1. The lowest BCUT2D eigenvalue weighted by atomic mass is 9.85. The van der Waals surface area contributed by atoms with Gasteiger partial charge in [-0.25, -0.2) is 4.39 Å². The van der Waals surface area contributed by atoms with Gasteiger partial charge in [0.05, 0.1) is 5.54 Å². The molecule has 0 radical (unpaired) electrons. The topological polar surface area (TPSA) is 55.5 Å². The molecule has 0 spiro atoms. The molecule has 2 aromatic carbocycles. The van der Waals surface area contributed by atoms with E-state index in [1.165, 1.54) is 12.1 Å². The van der Waals surface area contributed by atoms with Gasteiger partial charge in [-0.3, -0.25) is 9.79 Å². The summed E-state index contributed by atoms with van der Waals surface area (Å²) in [4.78, 5) is 16.1. The smallest absolute Gasteiger partial charge is 0.267 e. The third-order valence-electron chi connectivity index (χ3n) is 3.81. The van der Waals surface area contributed by atoms with Crippen molar-refractivity contribution in [3.8, 4) is 11.1 Å². The Morgan fingerprint density at radius 3 is 2.41 bits per heavy atom. The average molecular weight is 296 g/mol. The van der Waals surface area contributed by atoms with Crippen molar-refractivity contribution in [2.24, 2.45) is 10.7 Å². The molecule has 0 fully saturated rings. The SMILES string of the molecule is CC1(C)Cc2cc(-c3ccc(F)cc3)ccc2C(C(N)=O)=N1. The number of nitrogens with zero attached hydrogens (tertiary/aromatic N) is 1. The third-order valence-corrected chi connectivity index (χ3v) is 3.81. The van der Waals surface area contributed by atoms with Crippen LogP contribution in [0.25, 0.3) is 11.1 Å². The van der Waals surface area contributed by atoms with Crippen molar-refractivity contribution >= 4 is 11.6 Å². The first-order chi connectivity index (χ1) is 10.4. The largest absolute Gasteiger partial charge is 0.364 e. The molecule has 3 rings (SSSR count). The van der Waals surface area contributed by atoms with E-state index in [2.05, 4.69) is 4.99 Å². The molecule has 0 saturated carbocycles. The van der Waals surface area contributed by atoms with Gasteiger partial charge >= 0.3 is 0 Å². The number of primary amides is 1. The van der Waals surface area contributed by atoms with Gasteiger partial charge in [-0.2, -0.15) is 0 Å². The summed E-state index contributed by atoms with van der Waals surface area (Å²) in [6, 6.07) is 12.2. The fourth-order valence-corrected chi connectivity index (χ4v) is 2.85. The Hall–Kier alpha value is -2.49. The molecule has 1 amide bonds. The second kappa shape index (κ2) is 5.05. The minimum absolute atomic E-state index is 0.258. The molecular formula is C18H17FN2O. The van der Waals surface area contributed by atoms with Crippen LogP contribution in [0.1, 0.15) is 25.0 Å². The highest BCUT2D eigenvalue weighted by Crippen LogP contribution is 2.30. The number of benzene rings is 2. The van der Waals surface area contributed by atoms with Crippen LogP contribution in [-0.4, -0.2) is 17.2 Å². The highest BCUT2D eigenvalue weighted by atomic mass is 19.1. The van der Waals surface area contributed by atoms with Crippen LogP contribution in [0.15, 0.2) is 47.5 Å². The molecule has 0 saturated heterocycles. The van der Waals surface area contributed by atoms with Crippen molar-refractivity contribution in [3.63, 3.8) is 0 Å². The van der Waals surface area contributed by atoms with E-state index in [9.17, 15) is 9.18 Å². The number of aliphatic imine (C=N–C) groups is 1. The monoisotopic (exact) mass is 296 g/mol. The van der Waals surface area contributed by atoms with Crippen LogP contribution in [-0.2, 0) is 11.2 Å². The van der Waals surface area contributed by atoms with Crippen molar-refractivity contribution in [3.05, 3.63) is 59.4 Å². The number of hydrogen-bond acceptors (Lipinski definition) is 2. The fraction of sp³-hybridized carbons (Fsp3) is 0.222. The summed E-state index contributed by atoms with van der Waals surface area (Å²) in [5, 5.41) is 0. The van der Waals surface area contributed by atoms with E-state index in [0.717, 1.165) is 28.7 Å². The van der Waals surface area contributed by atoms with Gasteiger partial charge in [-0.15, -0.1) is 0 Å². The van der Waals surface area contributed by atoms with Crippen LogP contribution in [0, 0.1) is 5.82 Å². The highest BCUT2D eigenvalue weighted by molar-refractivity contribution is 6.45. The molecule has 0 aromatic heterocycles. The minimum Gasteiger partial charge on any atom is -0.364 e. The van der Waals surface area contributed by atoms with E-state index >= 15 is 0 Å². The number of fused-ring (bicyclic) bond motifs is 1. The summed E-state index contributed by atoms with van der Waals surface area (Å²) < 4.78 is 13.1. The molecule has 22 heavy (non-hydrogen) atoms. The maximum atomic E-state index is 13.1. The Morgan fingerprint density at radius 2 is 1.77 bits per heavy atom. The Labute approximate surface area is 128 Å². The zero-order chi connectivity index (χ0) is 15.9. The lowest BCUT2D eigenvalue weighted by Crippen LogP contribution is -2.35. The molecule has 0 unspecified atom stereocenters. The second-order valence-corrected chi connectivity index (χ2v) is 6.19. The highest BCUT2D eigenvalue weighted by Gasteiger charge is 2.29. The quantitative estimate of drug-likeness (QED) is 0.909. The first-order valence-electron chi connectivity index (χ1n) is 7.15. The van der Waals surface area contributed by atoms with Crippen LogP contribution >= 0.6 is 0 Å². The summed E-state index contributed by atoms with van der Waals surface area (Å²) in [5.74, 6) is -0.769. The van der Waals surface area contributed by atoms with Gasteiger partial charge < -0.3 is 5.73 Å². The molecule has 2 N–H and O–H groups in total. The Bertz CT molecular complexity index is 776. The van der Waals surface area contributed by atoms with Gasteiger partial charge in [-0.1, -0.05) is 30.3 Å². The predicted molar refractivity (Wildman–Crippen MR) is 85.4 cm³/mol. The van der Waals surface area contributed by atoms with Crippen LogP contribution in [0.5, 0.6) is 0 Å². The summed E-state index contributed by atoms with van der Waals surface area (Å²) >= 11 is 0. The van der Waals surface area contributed by atoms with Crippen LogP contribution in [0.2, 0.25) is 0 Å². The third kappa shape index (κ3) is 2.64. The van der Waals surface area contributed by atoms with E-state index in [1.807, 2.05) is 32.0 Å². The van der Waals surface area contributed by atoms with Gasteiger partial charge in [-0.05, 0) is 49.1 Å². The molecule has 2 aromatic rings. The summed E-state index contributed by atoms with van der Waals surface area (Å²) in [6.45, 7) is 3.95. The van der Waals surface area contributed by atoms with Crippen LogP contribution < -0.4 is 5.73 Å². The van der Waals surface area contributed by atoms with Gasteiger partial charge in [0, 0.05) is 5.56 Å². The van der Waals surface area contributed by atoms with Crippen molar-refractivity contribution in [1.82, 2.24) is 0 Å². The summed E-state index contributed by atoms with van der Waals surface area (Å²) in [5.41, 5.74) is 9.17. The van der Waals surface area contributed by atoms with Crippen molar-refractivity contribution in [2.45, 2.75) is 25.8 Å². The summed E-state index contributed by atoms with van der Waals surface area (Å²) in [6.07, 6.45) is 0.730. The van der Waals surface area contributed by atoms with E-state index < -0.39 is 5.91 Å². The number of hydrogen-bond donors (Lipinski definition) is 1. The zero-order valence-electron chi connectivity index (χ0n) is 12.6. The Morgan fingerprint density at radius 1 is 1.14 bits per heavy atom. The van der Waals surface area contributed by atoms with Gasteiger partial charge in [0.15, 0.2) is 0 Å². The lowest BCUT2D eigenvalue weighted by molar-refractivity contribution is -0.112. The molecule has 1 aliphatic heterocycles. The maximum Gasteiger partial charge on any atom is 0.267 e. The first-order valence-corrected chi connectivity index (χ1v) is 7.15. The average Bonchev–Trinajstić information content (AvgIpc) is 2.45. The fourth-order valence-electron chi connectivity index (χ4n) is 2.85. The van der Waals surface area contributed by atoms with Crippen LogP contribution in [0.4, 0.5) is 4.39 Å². The summed E-state index contributed by atoms with van der Waals surface area (Å²) in [7, 11) is 0. The molecule has 112 valence electrons. The van der Waals surface area contributed by atoms with E-state index in [1.54, 1.807) is 12.1 Å². The number of carbonyl (C=O) groups excluding carboxylic acids is 1. The second-order valence-electron chi connectivity index (χ2n) is 6.19. The molecule has 3 nitrogen and oxygen atoms in total.